The second kappa shape index (κ2) is 45.6. The maximum atomic E-state index is 16.0. The fourth-order valence-corrected chi connectivity index (χ4v) is 10.9. The monoisotopic (exact) mass is 1070 g/mol. The number of hydrogen-bond donors (Lipinski definition) is 0. The molecule has 0 saturated carbocycles. The fraction of sp³-hybridized carbons (Fsp3) is 0.583. The Hall–Kier alpha value is -4.27. The van der Waals surface area contributed by atoms with Gasteiger partial charge in [0.25, 0.3) is 0 Å². The molecule has 0 aliphatic rings. The first-order valence-electron chi connectivity index (χ1n) is 32.0. The fourth-order valence-electron chi connectivity index (χ4n) is 9.55. The Morgan fingerprint density at radius 1 is 0.286 bits per heavy atom. The van der Waals surface area contributed by atoms with Crippen LogP contribution in [0.3, 0.4) is 0 Å². The van der Waals surface area contributed by atoms with Gasteiger partial charge < -0.3 is 13.6 Å². The zero-order valence-electron chi connectivity index (χ0n) is 50.2. The van der Waals surface area contributed by atoms with Crippen molar-refractivity contribution in [2.45, 2.75) is 273 Å². The number of hydrogen-bond acceptors (Lipinski definition) is 4. The van der Waals surface area contributed by atoms with Crippen LogP contribution in [0, 0.1) is 0 Å². The Labute approximate surface area is 474 Å². The Balaban J connectivity index is 2.17. The second-order valence-corrected chi connectivity index (χ2v) is 23.2. The highest BCUT2D eigenvalue weighted by Gasteiger charge is 2.35. The van der Waals surface area contributed by atoms with Crippen LogP contribution in [0.5, 0.6) is 17.2 Å². The lowest BCUT2D eigenvalue weighted by Gasteiger charge is -2.22. The Kier molecular flexibility index (Phi) is 39.7. The van der Waals surface area contributed by atoms with Gasteiger partial charge in [0.1, 0.15) is 17.2 Å². The summed E-state index contributed by atoms with van der Waals surface area (Å²) in [6.07, 6.45) is 70.0. The Morgan fingerprint density at radius 2 is 0.494 bits per heavy atom. The molecule has 3 rings (SSSR count). The molecule has 0 heterocycles. The maximum absolute atomic E-state index is 16.0. The summed E-state index contributed by atoms with van der Waals surface area (Å²) < 4.78 is 36.5. The van der Waals surface area contributed by atoms with E-state index in [0.717, 1.165) is 91.2 Å². The third kappa shape index (κ3) is 32.4. The van der Waals surface area contributed by atoms with Crippen molar-refractivity contribution in [1.29, 1.82) is 0 Å². The van der Waals surface area contributed by atoms with E-state index in [0.29, 0.717) is 17.2 Å². The van der Waals surface area contributed by atoms with E-state index in [1.54, 1.807) is 0 Å². The van der Waals surface area contributed by atoms with Crippen molar-refractivity contribution >= 4 is 44.3 Å². The van der Waals surface area contributed by atoms with Crippen LogP contribution in [0.2, 0.25) is 0 Å². The lowest BCUT2D eigenvalue weighted by molar-refractivity contribution is 0.298. The largest absolute Gasteiger partial charge is 0.647 e. The SMILES string of the molecule is CCCCCCC/C=C\c1cc(/C=C/CCCCCCC)ccc1OP(=O)(Oc1ccc(/C=C/CCCCCCC)cc1/C=C/CCCCCCC)Oc1ccc(/C=C/CCCCCCC)cc1/C=C/CCCCCCC. The number of phosphoric ester groups is 1. The van der Waals surface area contributed by atoms with Gasteiger partial charge in [-0.25, -0.2) is 0 Å². The van der Waals surface area contributed by atoms with Crippen LogP contribution in [0.1, 0.15) is 306 Å². The van der Waals surface area contributed by atoms with E-state index in [9.17, 15) is 0 Å². The average Bonchev–Trinajstić information content (AvgIpc) is 3.43. The van der Waals surface area contributed by atoms with Gasteiger partial charge in [0.2, 0.25) is 0 Å². The molecule has 3 aromatic carbocycles. The van der Waals surface area contributed by atoms with E-state index in [4.69, 9.17) is 13.6 Å². The van der Waals surface area contributed by atoms with Crippen LogP contribution in [-0.4, -0.2) is 0 Å². The predicted octanol–water partition coefficient (Wildman–Crippen LogP) is 25.6. The van der Waals surface area contributed by atoms with Gasteiger partial charge in [-0.15, -0.1) is 0 Å². The molecule has 0 saturated heterocycles. The zero-order chi connectivity index (χ0) is 55.1. The molecule has 0 bridgehead atoms. The highest BCUT2D eigenvalue weighted by atomic mass is 31.2. The predicted molar refractivity (Wildman–Crippen MR) is 343 cm³/mol. The average molecular weight is 1070 g/mol. The summed E-state index contributed by atoms with van der Waals surface area (Å²) in [5, 5.41) is 0. The molecule has 0 unspecified atom stereocenters. The minimum Gasteiger partial charge on any atom is -0.385 e. The van der Waals surface area contributed by atoms with Gasteiger partial charge in [0, 0.05) is 16.7 Å². The Bertz CT molecular complexity index is 1930. The molecular formula is C72H111O4P. The minimum absolute atomic E-state index is 0.470. The smallest absolute Gasteiger partial charge is 0.385 e. The Morgan fingerprint density at radius 3 is 0.714 bits per heavy atom. The molecule has 4 nitrogen and oxygen atoms in total. The van der Waals surface area contributed by atoms with Gasteiger partial charge >= 0.3 is 7.82 Å². The summed E-state index contributed by atoms with van der Waals surface area (Å²) in [7, 11) is -4.46. The van der Waals surface area contributed by atoms with Gasteiger partial charge in [-0.1, -0.05) is 287 Å². The quantitative estimate of drug-likeness (QED) is 0.0418. The van der Waals surface area contributed by atoms with E-state index in [2.05, 4.69) is 151 Å². The van der Waals surface area contributed by atoms with Gasteiger partial charge in [0.05, 0.1) is 0 Å². The summed E-state index contributed by atoms with van der Waals surface area (Å²) in [6.45, 7) is 13.6. The first-order valence-corrected chi connectivity index (χ1v) is 33.4. The van der Waals surface area contributed by atoms with Crippen molar-refractivity contribution in [3.8, 4) is 17.2 Å². The number of allylic oxidation sites excluding steroid dienone is 6. The highest BCUT2D eigenvalue weighted by molar-refractivity contribution is 7.49. The topological polar surface area (TPSA) is 44.8 Å². The summed E-state index contributed by atoms with van der Waals surface area (Å²) in [5.74, 6) is 1.41. The van der Waals surface area contributed by atoms with E-state index in [1.165, 1.54) is 173 Å². The van der Waals surface area contributed by atoms with Crippen molar-refractivity contribution in [2.24, 2.45) is 0 Å². The molecule has 0 amide bonds. The minimum atomic E-state index is -4.46. The van der Waals surface area contributed by atoms with Crippen LogP contribution >= 0.6 is 7.82 Å². The van der Waals surface area contributed by atoms with Crippen molar-refractivity contribution in [3.05, 3.63) is 124 Å². The molecular weight excluding hydrogens is 960 g/mol. The molecule has 0 atom stereocenters. The van der Waals surface area contributed by atoms with Gasteiger partial charge in [-0.3, -0.25) is 0 Å². The van der Waals surface area contributed by atoms with Crippen LogP contribution < -0.4 is 13.6 Å². The van der Waals surface area contributed by atoms with Gasteiger partial charge in [-0.2, -0.15) is 4.57 Å². The molecule has 77 heavy (non-hydrogen) atoms. The highest BCUT2D eigenvalue weighted by Crippen LogP contribution is 2.52. The lowest BCUT2D eigenvalue weighted by atomic mass is 10.1. The molecule has 428 valence electrons. The maximum Gasteiger partial charge on any atom is 0.647 e. The molecule has 0 aromatic heterocycles. The molecule has 0 spiro atoms. The molecule has 0 aliphatic carbocycles. The van der Waals surface area contributed by atoms with Crippen LogP contribution in [0.15, 0.2) is 91.1 Å². The zero-order valence-corrected chi connectivity index (χ0v) is 51.1. The number of phosphoric acid groups is 1. The molecule has 0 aliphatic heterocycles. The van der Waals surface area contributed by atoms with Crippen molar-refractivity contribution in [2.75, 3.05) is 0 Å². The van der Waals surface area contributed by atoms with Crippen molar-refractivity contribution in [1.82, 2.24) is 0 Å². The molecule has 3 aromatic rings. The molecule has 0 N–H and O–H groups in total. The summed E-state index contributed by atoms with van der Waals surface area (Å²) in [4.78, 5) is 0. The number of unbranched alkanes of at least 4 members (excludes halogenated alkanes) is 30. The summed E-state index contributed by atoms with van der Waals surface area (Å²) in [6, 6.07) is 18.5. The van der Waals surface area contributed by atoms with E-state index in [-0.39, 0.29) is 0 Å². The van der Waals surface area contributed by atoms with Crippen LogP contribution in [0.25, 0.3) is 36.5 Å². The van der Waals surface area contributed by atoms with E-state index in [1.807, 2.05) is 18.2 Å². The number of rotatable bonds is 48. The third-order valence-electron chi connectivity index (χ3n) is 14.4. The van der Waals surface area contributed by atoms with E-state index < -0.39 is 7.82 Å². The summed E-state index contributed by atoms with van der Waals surface area (Å²) in [5.41, 5.74) is 5.82. The standard InChI is InChI=1S/C72H111O4P/c1-7-13-19-25-31-37-43-49-64-55-58-70(67(61-64)52-46-40-34-28-22-16-10-4)74-77(73,75-71-59-56-65(50-44-38-32-26-20-14-8-2)62-68(71)53-47-41-35-29-23-17-11-5)76-72-60-57-66(51-45-39-33-27-21-15-9-3)63-69(72)54-48-42-36-30-24-18-12-6/h43-63H,7-42H2,1-6H3/b49-43+,50-44+,51-45+,52-46-,53-47+,54-48+. The first kappa shape index (κ1) is 67.0. The second-order valence-electron chi connectivity index (χ2n) is 21.7. The van der Waals surface area contributed by atoms with Gasteiger partial charge in [-0.05, 0) is 130 Å². The van der Waals surface area contributed by atoms with Gasteiger partial charge in [0.15, 0.2) is 0 Å². The molecule has 5 heteroatoms. The number of benzene rings is 3. The first-order chi connectivity index (χ1) is 37.9. The van der Waals surface area contributed by atoms with Crippen LogP contribution in [0.4, 0.5) is 0 Å². The molecule has 0 fully saturated rings. The van der Waals surface area contributed by atoms with E-state index >= 15 is 4.57 Å². The third-order valence-corrected chi connectivity index (χ3v) is 15.7. The van der Waals surface area contributed by atoms with Crippen LogP contribution in [-0.2, 0) is 4.57 Å². The lowest BCUT2D eigenvalue weighted by Crippen LogP contribution is -2.10. The van der Waals surface area contributed by atoms with Crippen molar-refractivity contribution < 1.29 is 18.1 Å². The normalized spacial score (nSPS) is 12.3. The molecule has 0 radical (unpaired) electrons. The van der Waals surface area contributed by atoms with Crippen molar-refractivity contribution in [3.63, 3.8) is 0 Å². The summed E-state index contributed by atoms with van der Waals surface area (Å²) >= 11 is 0.